The van der Waals surface area contributed by atoms with Crippen molar-refractivity contribution in [1.29, 1.82) is 0 Å². The average Bonchev–Trinajstić information content (AvgIpc) is 2.14. The number of nitrogens with zero attached hydrogens (tertiary/aromatic N) is 1. The minimum Gasteiger partial charge on any atom is -0.618 e. The van der Waals surface area contributed by atoms with Gasteiger partial charge in [-0.05, 0) is 31.1 Å². The monoisotopic (exact) mass is 253 g/mol. The maximum absolute atomic E-state index is 11.7. The van der Waals surface area contributed by atoms with Gasteiger partial charge in [0.15, 0.2) is 14.5 Å². The van der Waals surface area contributed by atoms with Gasteiger partial charge in [-0.1, -0.05) is 20.8 Å². The molecule has 0 atom stereocenters. The summed E-state index contributed by atoms with van der Waals surface area (Å²) in [6.07, 6.45) is 1.59. The maximum atomic E-state index is 11.7. The lowest BCUT2D eigenvalue weighted by molar-refractivity contribution is -0.616. The highest BCUT2D eigenvalue weighted by molar-refractivity contribution is 6.74. The van der Waals surface area contributed by atoms with Crippen LogP contribution in [0.2, 0.25) is 18.1 Å². The smallest absolute Gasteiger partial charge is 0.217 e. The second kappa shape index (κ2) is 4.78. The van der Waals surface area contributed by atoms with E-state index < -0.39 is 8.32 Å². The third kappa shape index (κ3) is 3.54. The van der Waals surface area contributed by atoms with Gasteiger partial charge in [0.2, 0.25) is 5.69 Å². The quantitative estimate of drug-likeness (QED) is 0.471. The Balaban J connectivity index is 2.74. The lowest BCUT2D eigenvalue weighted by Gasteiger charge is -2.35. The Labute approximate surface area is 105 Å². The summed E-state index contributed by atoms with van der Waals surface area (Å²) < 4.78 is 6.92. The summed E-state index contributed by atoms with van der Waals surface area (Å²) in [5.41, 5.74) is 1.65. The molecule has 96 valence electrons. The predicted octanol–water partition coefficient (Wildman–Crippen LogP) is 3.15. The first kappa shape index (κ1) is 14.2. The third-order valence-corrected chi connectivity index (χ3v) is 8.01. The molecule has 3 nitrogen and oxygen atoms in total. The molecular formula is C13H23NO2Si. The molecular weight excluding hydrogens is 230 g/mol. The van der Waals surface area contributed by atoms with Crippen LogP contribution in [0.3, 0.4) is 0 Å². The Bertz CT molecular complexity index is 397. The summed E-state index contributed by atoms with van der Waals surface area (Å²) in [6, 6.07) is 3.79. The maximum Gasteiger partial charge on any atom is 0.217 e. The van der Waals surface area contributed by atoms with Crippen molar-refractivity contribution in [2.75, 3.05) is 0 Å². The van der Waals surface area contributed by atoms with Crippen LogP contribution in [0, 0.1) is 12.1 Å². The van der Waals surface area contributed by atoms with Crippen LogP contribution >= 0.6 is 0 Å². The second-order valence-corrected chi connectivity index (χ2v) is 10.9. The summed E-state index contributed by atoms with van der Waals surface area (Å²) in [4.78, 5) is 0. The van der Waals surface area contributed by atoms with Gasteiger partial charge >= 0.3 is 0 Å². The molecule has 0 aromatic carbocycles. The van der Waals surface area contributed by atoms with Crippen LogP contribution < -0.4 is 4.73 Å². The van der Waals surface area contributed by atoms with Crippen LogP contribution in [0.1, 0.15) is 32.0 Å². The summed E-state index contributed by atoms with van der Waals surface area (Å²) in [6.45, 7) is 13.3. The average molecular weight is 253 g/mol. The molecule has 0 amide bonds. The molecule has 4 heteroatoms. The standard InChI is InChI=1S/C13H23NO2Si/c1-11-7-8-12(14(15)9-11)10-16-17(5,6)13(2,3)4/h7-9H,10H2,1-6H3. The molecule has 0 fully saturated rings. The van der Waals surface area contributed by atoms with Crippen molar-refractivity contribution in [3.8, 4) is 0 Å². The van der Waals surface area contributed by atoms with E-state index >= 15 is 0 Å². The van der Waals surface area contributed by atoms with E-state index in [9.17, 15) is 5.21 Å². The second-order valence-electron chi connectivity index (χ2n) is 6.07. The Morgan fingerprint density at radius 3 is 2.35 bits per heavy atom. The minimum atomic E-state index is -1.78. The van der Waals surface area contributed by atoms with Gasteiger partial charge in [-0.15, -0.1) is 0 Å². The number of aromatic nitrogens is 1. The number of hydrogen-bond acceptors (Lipinski definition) is 2. The van der Waals surface area contributed by atoms with Crippen molar-refractivity contribution in [1.82, 2.24) is 0 Å². The Kier molecular flexibility index (Phi) is 3.99. The summed E-state index contributed by atoms with van der Waals surface area (Å²) in [7, 11) is -1.78. The van der Waals surface area contributed by atoms with Crippen molar-refractivity contribution in [3.63, 3.8) is 0 Å². The highest BCUT2D eigenvalue weighted by atomic mass is 28.4. The highest BCUT2D eigenvalue weighted by Gasteiger charge is 2.37. The van der Waals surface area contributed by atoms with E-state index in [1.807, 2.05) is 19.1 Å². The van der Waals surface area contributed by atoms with Crippen molar-refractivity contribution in [2.45, 2.75) is 52.4 Å². The zero-order valence-electron chi connectivity index (χ0n) is 11.7. The third-order valence-electron chi connectivity index (χ3n) is 3.53. The van der Waals surface area contributed by atoms with Gasteiger partial charge in [-0.3, -0.25) is 0 Å². The fourth-order valence-corrected chi connectivity index (χ4v) is 2.14. The van der Waals surface area contributed by atoms with Crippen LogP contribution in [-0.2, 0) is 11.0 Å². The van der Waals surface area contributed by atoms with Gasteiger partial charge in [-0.25, -0.2) is 0 Å². The minimum absolute atomic E-state index is 0.172. The van der Waals surface area contributed by atoms with E-state index in [2.05, 4.69) is 33.9 Å². The van der Waals surface area contributed by atoms with E-state index in [4.69, 9.17) is 4.43 Å². The van der Waals surface area contributed by atoms with Gasteiger partial charge in [0.05, 0.1) is 0 Å². The molecule has 0 N–H and O–H groups in total. The molecule has 1 aromatic rings. The van der Waals surface area contributed by atoms with Crippen molar-refractivity contribution >= 4 is 8.32 Å². The molecule has 1 rings (SSSR count). The zero-order chi connectivity index (χ0) is 13.3. The van der Waals surface area contributed by atoms with Crippen LogP contribution in [0.15, 0.2) is 18.3 Å². The number of hydrogen-bond donors (Lipinski definition) is 0. The van der Waals surface area contributed by atoms with E-state index in [0.717, 1.165) is 10.3 Å². The molecule has 0 aliphatic carbocycles. The molecule has 0 aliphatic rings. The fraction of sp³-hybridized carbons (Fsp3) is 0.615. The fourth-order valence-electron chi connectivity index (χ4n) is 1.19. The number of pyridine rings is 1. The molecule has 0 unspecified atom stereocenters. The number of rotatable bonds is 3. The lowest BCUT2D eigenvalue weighted by atomic mass is 10.2. The predicted molar refractivity (Wildman–Crippen MR) is 72.1 cm³/mol. The molecule has 17 heavy (non-hydrogen) atoms. The molecule has 0 spiro atoms. The van der Waals surface area contributed by atoms with Crippen LogP contribution in [0.4, 0.5) is 0 Å². The lowest BCUT2D eigenvalue weighted by Crippen LogP contribution is -2.42. The van der Waals surface area contributed by atoms with E-state index in [1.54, 1.807) is 6.20 Å². The van der Waals surface area contributed by atoms with Gasteiger partial charge in [0.25, 0.3) is 0 Å². The zero-order valence-corrected chi connectivity index (χ0v) is 12.7. The molecule has 0 aliphatic heterocycles. The van der Waals surface area contributed by atoms with Crippen molar-refractivity contribution < 1.29 is 9.16 Å². The van der Waals surface area contributed by atoms with Gasteiger partial charge in [-0.2, -0.15) is 4.73 Å². The SMILES string of the molecule is Cc1ccc(CO[Si](C)(C)C(C)(C)C)[n+]([O-])c1. The molecule has 0 radical (unpaired) electrons. The van der Waals surface area contributed by atoms with Gasteiger partial charge in [0, 0.05) is 11.6 Å². The van der Waals surface area contributed by atoms with Crippen LogP contribution in [0.25, 0.3) is 0 Å². The Morgan fingerprint density at radius 2 is 1.88 bits per heavy atom. The normalized spacial score (nSPS) is 12.8. The highest BCUT2D eigenvalue weighted by Crippen LogP contribution is 2.36. The van der Waals surface area contributed by atoms with Crippen molar-refractivity contribution in [3.05, 3.63) is 34.8 Å². The summed E-state index contributed by atoms with van der Waals surface area (Å²) >= 11 is 0. The Morgan fingerprint density at radius 1 is 1.29 bits per heavy atom. The first-order chi connectivity index (χ1) is 7.63. The molecule has 0 bridgehead atoms. The Hall–Kier alpha value is -0.873. The summed E-state index contributed by atoms with van der Waals surface area (Å²) in [5.74, 6) is 0. The van der Waals surface area contributed by atoms with E-state index in [-0.39, 0.29) is 5.04 Å². The molecule has 0 saturated carbocycles. The van der Waals surface area contributed by atoms with Crippen molar-refractivity contribution in [2.24, 2.45) is 0 Å². The van der Waals surface area contributed by atoms with Gasteiger partial charge < -0.3 is 9.63 Å². The van der Waals surface area contributed by atoms with E-state index in [1.165, 1.54) is 0 Å². The molecule has 0 saturated heterocycles. The first-order valence-electron chi connectivity index (χ1n) is 5.96. The van der Waals surface area contributed by atoms with E-state index in [0.29, 0.717) is 12.3 Å². The topological polar surface area (TPSA) is 36.2 Å². The molecule has 1 heterocycles. The number of aryl methyl sites for hydroxylation is 1. The first-order valence-corrected chi connectivity index (χ1v) is 8.87. The molecule has 1 aromatic heterocycles. The largest absolute Gasteiger partial charge is 0.618 e. The summed E-state index contributed by atoms with van der Waals surface area (Å²) in [5, 5.41) is 11.8. The van der Waals surface area contributed by atoms with Gasteiger partial charge in [0.1, 0.15) is 6.61 Å². The van der Waals surface area contributed by atoms with Crippen LogP contribution in [-0.4, -0.2) is 8.32 Å². The van der Waals surface area contributed by atoms with Crippen LogP contribution in [0.5, 0.6) is 0 Å².